The number of ether oxygens (including phenoxy) is 2. The van der Waals surface area contributed by atoms with Crippen molar-refractivity contribution in [2.45, 2.75) is 26.8 Å². The van der Waals surface area contributed by atoms with Crippen LogP contribution in [0.2, 0.25) is 0 Å². The maximum absolute atomic E-state index is 13.3. The molecule has 186 valence electrons. The van der Waals surface area contributed by atoms with Gasteiger partial charge in [0.1, 0.15) is 23.0 Å². The third kappa shape index (κ3) is 4.77. The Morgan fingerprint density at radius 3 is 2.36 bits per heavy atom. The molecular formula is C29H29NO6. The minimum atomic E-state index is -0.943. The molecule has 7 nitrogen and oxygen atoms in total. The average molecular weight is 488 g/mol. The summed E-state index contributed by atoms with van der Waals surface area (Å²) >= 11 is 0. The van der Waals surface area contributed by atoms with Gasteiger partial charge in [-0.05, 0) is 78.6 Å². The molecule has 1 saturated heterocycles. The fourth-order valence-electron chi connectivity index (χ4n) is 4.26. The lowest BCUT2D eigenvalue weighted by atomic mass is 9.94. The smallest absolute Gasteiger partial charge is 0.300 e. The predicted octanol–water partition coefficient (Wildman–Crippen LogP) is 5.37. The average Bonchev–Trinajstić information content (AvgIpc) is 3.13. The largest absolute Gasteiger partial charge is 0.508 e. The van der Waals surface area contributed by atoms with Gasteiger partial charge in [-0.1, -0.05) is 26.0 Å². The van der Waals surface area contributed by atoms with E-state index in [0.29, 0.717) is 40.8 Å². The van der Waals surface area contributed by atoms with E-state index < -0.39 is 17.7 Å². The molecule has 1 aliphatic heterocycles. The van der Waals surface area contributed by atoms with Crippen molar-refractivity contribution in [2.24, 2.45) is 5.92 Å². The number of benzene rings is 3. The van der Waals surface area contributed by atoms with Gasteiger partial charge < -0.3 is 19.7 Å². The fourth-order valence-corrected chi connectivity index (χ4v) is 4.26. The molecule has 1 unspecified atom stereocenters. The van der Waals surface area contributed by atoms with Crippen molar-refractivity contribution in [1.82, 2.24) is 0 Å². The molecule has 0 saturated carbocycles. The Morgan fingerprint density at radius 1 is 1.03 bits per heavy atom. The Hall–Kier alpha value is -4.26. The number of carbonyl (C=O) groups is 2. The predicted molar refractivity (Wildman–Crippen MR) is 137 cm³/mol. The molecule has 3 aromatic carbocycles. The number of methoxy groups -OCH3 is 1. The molecule has 4 rings (SSSR count). The van der Waals surface area contributed by atoms with Crippen LogP contribution in [0.15, 0.2) is 72.3 Å². The van der Waals surface area contributed by atoms with Crippen molar-refractivity contribution in [3.8, 4) is 17.2 Å². The van der Waals surface area contributed by atoms with Crippen LogP contribution in [0.1, 0.15) is 36.6 Å². The number of ketones is 1. The number of amides is 1. The highest BCUT2D eigenvalue weighted by Crippen LogP contribution is 2.43. The summed E-state index contributed by atoms with van der Waals surface area (Å²) in [4.78, 5) is 27.9. The standard InChI is InChI=1S/C29H29NO6/c1-17(2)16-36-23-11-9-21(10-12-23)30-26(19-6-5-7-22(31)15-19)25(28(33)29(30)34)27(32)20-8-13-24(35-4)18(3)14-20/h5-15,17,26,31-32H,16H2,1-4H3/b27-25-. The minimum absolute atomic E-state index is 0.0178. The van der Waals surface area contributed by atoms with Crippen LogP contribution in [-0.4, -0.2) is 35.6 Å². The Balaban J connectivity index is 1.84. The second-order valence-electron chi connectivity index (χ2n) is 9.15. The highest BCUT2D eigenvalue weighted by atomic mass is 16.5. The first-order chi connectivity index (χ1) is 17.2. The summed E-state index contributed by atoms with van der Waals surface area (Å²) in [5.41, 5.74) is 2.04. The van der Waals surface area contributed by atoms with Gasteiger partial charge in [0.2, 0.25) is 0 Å². The minimum Gasteiger partial charge on any atom is -0.508 e. The molecule has 1 aliphatic rings. The first-order valence-corrected chi connectivity index (χ1v) is 11.7. The van der Waals surface area contributed by atoms with Gasteiger partial charge in [-0.15, -0.1) is 0 Å². The number of nitrogens with zero attached hydrogens (tertiary/aromatic N) is 1. The Morgan fingerprint density at radius 2 is 1.75 bits per heavy atom. The van der Waals surface area contributed by atoms with E-state index in [0.717, 1.165) is 5.56 Å². The van der Waals surface area contributed by atoms with Crippen LogP contribution in [0.5, 0.6) is 17.2 Å². The summed E-state index contributed by atoms with van der Waals surface area (Å²) in [5, 5.41) is 21.4. The summed E-state index contributed by atoms with van der Waals surface area (Å²) in [5.74, 6) is -0.263. The van der Waals surface area contributed by atoms with Crippen LogP contribution in [-0.2, 0) is 9.59 Å². The van der Waals surface area contributed by atoms with Gasteiger partial charge >= 0.3 is 0 Å². The van der Waals surface area contributed by atoms with Crippen molar-refractivity contribution in [3.05, 3.63) is 89.0 Å². The van der Waals surface area contributed by atoms with E-state index in [4.69, 9.17) is 9.47 Å². The molecule has 3 aromatic rings. The lowest BCUT2D eigenvalue weighted by Gasteiger charge is -2.25. The number of anilines is 1. The summed E-state index contributed by atoms with van der Waals surface area (Å²) < 4.78 is 11.0. The van der Waals surface area contributed by atoms with E-state index >= 15 is 0 Å². The molecule has 2 N–H and O–H groups in total. The first-order valence-electron chi connectivity index (χ1n) is 11.7. The highest BCUT2D eigenvalue weighted by Gasteiger charge is 2.47. The van der Waals surface area contributed by atoms with Crippen molar-refractivity contribution in [1.29, 1.82) is 0 Å². The summed E-state index contributed by atoms with van der Waals surface area (Å²) in [6.45, 7) is 6.47. The molecule has 1 fully saturated rings. The number of aryl methyl sites for hydroxylation is 1. The third-order valence-electron chi connectivity index (χ3n) is 6.00. The van der Waals surface area contributed by atoms with Crippen LogP contribution in [0.3, 0.4) is 0 Å². The van der Waals surface area contributed by atoms with E-state index in [1.165, 1.54) is 17.0 Å². The summed E-state index contributed by atoms with van der Waals surface area (Å²) in [7, 11) is 1.55. The molecule has 0 bridgehead atoms. The number of Topliss-reactive ketones (excluding diaryl/α,β-unsaturated/α-hetero) is 1. The number of hydrogen-bond donors (Lipinski definition) is 2. The number of aromatic hydroxyl groups is 1. The Kier molecular flexibility index (Phi) is 7.01. The van der Waals surface area contributed by atoms with Gasteiger partial charge in [-0.25, -0.2) is 0 Å². The van der Waals surface area contributed by atoms with Gasteiger partial charge in [-0.3, -0.25) is 14.5 Å². The number of aliphatic hydroxyl groups is 1. The fraction of sp³-hybridized carbons (Fsp3) is 0.241. The maximum atomic E-state index is 13.3. The molecule has 0 aliphatic carbocycles. The maximum Gasteiger partial charge on any atom is 0.300 e. The van der Waals surface area contributed by atoms with Crippen LogP contribution < -0.4 is 14.4 Å². The van der Waals surface area contributed by atoms with Crippen molar-refractivity contribution in [3.63, 3.8) is 0 Å². The topological polar surface area (TPSA) is 96.3 Å². The Bertz CT molecular complexity index is 1330. The van der Waals surface area contributed by atoms with E-state index in [1.54, 1.807) is 61.7 Å². The number of rotatable bonds is 7. The van der Waals surface area contributed by atoms with Crippen molar-refractivity contribution >= 4 is 23.1 Å². The molecule has 1 atom stereocenters. The molecule has 0 aromatic heterocycles. The normalized spacial score (nSPS) is 17.0. The lowest BCUT2D eigenvalue weighted by molar-refractivity contribution is -0.132. The van der Waals surface area contributed by atoms with E-state index in [1.807, 2.05) is 20.8 Å². The SMILES string of the molecule is COc1ccc(/C(O)=C2/C(=O)C(=O)N(c3ccc(OCC(C)C)cc3)C2c2cccc(O)c2)cc1C. The second kappa shape index (κ2) is 10.2. The van der Waals surface area contributed by atoms with Gasteiger partial charge in [-0.2, -0.15) is 0 Å². The zero-order valence-corrected chi connectivity index (χ0v) is 20.7. The molecule has 36 heavy (non-hydrogen) atoms. The van der Waals surface area contributed by atoms with Crippen molar-refractivity contribution < 1.29 is 29.3 Å². The number of hydrogen-bond acceptors (Lipinski definition) is 6. The lowest BCUT2D eigenvalue weighted by Crippen LogP contribution is -2.29. The Labute approximate surface area is 210 Å². The summed E-state index contributed by atoms with van der Waals surface area (Å²) in [6.07, 6.45) is 0. The van der Waals surface area contributed by atoms with E-state index in [2.05, 4.69) is 0 Å². The monoisotopic (exact) mass is 487 g/mol. The number of phenolic OH excluding ortho intramolecular Hbond substituents is 1. The quantitative estimate of drug-likeness (QED) is 0.264. The number of phenols is 1. The van der Waals surface area contributed by atoms with Crippen LogP contribution in [0, 0.1) is 12.8 Å². The van der Waals surface area contributed by atoms with E-state index in [9.17, 15) is 19.8 Å². The molecular weight excluding hydrogens is 458 g/mol. The molecule has 1 heterocycles. The molecule has 1 amide bonds. The number of carbonyl (C=O) groups excluding carboxylic acids is 2. The third-order valence-corrected chi connectivity index (χ3v) is 6.00. The van der Waals surface area contributed by atoms with Gasteiger partial charge in [0, 0.05) is 11.3 Å². The molecule has 0 spiro atoms. The summed E-state index contributed by atoms with van der Waals surface area (Å²) in [6, 6.07) is 17.3. The van der Waals surface area contributed by atoms with Crippen LogP contribution in [0.4, 0.5) is 5.69 Å². The molecule has 7 heteroatoms. The van der Waals surface area contributed by atoms with Crippen LogP contribution >= 0.6 is 0 Å². The second-order valence-corrected chi connectivity index (χ2v) is 9.15. The van der Waals surface area contributed by atoms with E-state index in [-0.39, 0.29) is 17.1 Å². The first kappa shape index (κ1) is 24.9. The van der Waals surface area contributed by atoms with Gasteiger partial charge in [0.05, 0.1) is 25.3 Å². The van der Waals surface area contributed by atoms with Gasteiger partial charge in [0.15, 0.2) is 0 Å². The molecule has 0 radical (unpaired) electrons. The zero-order valence-electron chi connectivity index (χ0n) is 20.7. The highest BCUT2D eigenvalue weighted by molar-refractivity contribution is 6.51. The van der Waals surface area contributed by atoms with Gasteiger partial charge in [0.25, 0.3) is 11.7 Å². The van der Waals surface area contributed by atoms with Crippen LogP contribution in [0.25, 0.3) is 5.76 Å². The van der Waals surface area contributed by atoms with Crippen molar-refractivity contribution in [2.75, 3.05) is 18.6 Å². The number of aliphatic hydroxyl groups excluding tert-OH is 1. The zero-order chi connectivity index (χ0) is 26.0.